The fraction of sp³-hybridized carbons (Fsp3) is 0.154. The first-order valence-corrected chi connectivity index (χ1v) is 10.4. The number of carbonyl (C=O) groups excluding carboxylic acids is 2. The average Bonchev–Trinajstić information content (AvgIpc) is 3.45. The van der Waals surface area contributed by atoms with Crippen molar-refractivity contribution in [2.75, 3.05) is 21.0 Å². The fourth-order valence-corrected chi connectivity index (χ4v) is 3.75. The topological polar surface area (TPSA) is 89.5 Å². The normalized spacial score (nSPS) is 14.6. The van der Waals surface area contributed by atoms with Gasteiger partial charge in [0, 0.05) is 5.56 Å². The van der Waals surface area contributed by atoms with Crippen LogP contribution in [-0.2, 0) is 0 Å². The number of methoxy groups -OCH3 is 2. The molecule has 8 heteroatoms. The highest BCUT2D eigenvalue weighted by molar-refractivity contribution is 6.15. The van der Waals surface area contributed by atoms with Crippen LogP contribution in [0.2, 0.25) is 0 Å². The smallest absolute Gasteiger partial charge is 0.343 e. The highest BCUT2D eigenvalue weighted by atomic mass is 16.7. The van der Waals surface area contributed by atoms with E-state index in [2.05, 4.69) is 0 Å². The van der Waals surface area contributed by atoms with Crippen molar-refractivity contribution < 1.29 is 38.0 Å². The molecule has 0 aliphatic carbocycles. The van der Waals surface area contributed by atoms with Gasteiger partial charge in [-0.1, -0.05) is 6.07 Å². The second-order valence-corrected chi connectivity index (χ2v) is 7.58. The summed E-state index contributed by atoms with van der Waals surface area (Å²) in [5, 5.41) is 0. The number of rotatable bonds is 5. The Kier molecular flexibility index (Phi) is 5.33. The Morgan fingerprint density at radius 1 is 0.912 bits per heavy atom. The summed E-state index contributed by atoms with van der Waals surface area (Å²) < 4.78 is 32.6. The molecule has 2 aliphatic heterocycles. The minimum atomic E-state index is -0.579. The van der Waals surface area contributed by atoms with Crippen molar-refractivity contribution in [2.24, 2.45) is 0 Å². The van der Waals surface area contributed by atoms with Crippen LogP contribution in [-0.4, -0.2) is 32.8 Å². The van der Waals surface area contributed by atoms with Crippen molar-refractivity contribution in [3.05, 3.63) is 76.5 Å². The molecule has 5 rings (SSSR count). The van der Waals surface area contributed by atoms with Gasteiger partial charge in [0.1, 0.15) is 11.5 Å². The number of hydrogen-bond donors (Lipinski definition) is 0. The van der Waals surface area contributed by atoms with Gasteiger partial charge in [-0.15, -0.1) is 0 Å². The Labute approximate surface area is 195 Å². The van der Waals surface area contributed by atoms with Crippen LogP contribution < -0.4 is 28.4 Å². The van der Waals surface area contributed by atoms with Crippen molar-refractivity contribution in [2.45, 2.75) is 6.92 Å². The van der Waals surface area contributed by atoms with E-state index in [0.29, 0.717) is 39.9 Å². The minimum absolute atomic E-state index is 0.167. The molecule has 2 heterocycles. The van der Waals surface area contributed by atoms with Crippen LogP contribution in [0.15, 0.2) is 54.3 Å². The standard InChI is InChI=1S/C26H20O8/c1-14-18(34-26(28)16-5-8-19(29-2)21(12-16)30-3)9-6-17-24(27)23(33-25(14)17)11-15-4-7-20-22(10-15)32-13-31-20/h4-12H,13H2,1-3H3/b23-11-. The third kappa shape index (κ3) is 3.69. The third-order valence-corrected chi connectivity index (χ3v) is 5.55. The molecule has 172 valence electrons. The van der Waals surface area contributed by atoms with Gasteiger partial charge in [0.25, 0.3) is 0 Å². The lowest BCUT2D eigenvalue weighted by Gasteiger charge is -2.12. The second-order valence-electron chi connectivity index (χ2n) is 7.58. The summed E-state index contributed by atoms with van der Waals surface area (Å²) in [5.41, 5.74) is 1.96. The molecule has 8 nitrogen and oxygen atoms in total. The molecule has 0 unspecified atom stereocenters. The van der Waals surface area contributed by atoms with E-state index in [-0.39, 0.29) is 29.6 Å². The van der Waals surface area contributed by atoms with Crippen LogP contribution in [0, 0.1) is 6.92 Å². The Bertz CT molecular complexity index is 1360. The summed E-state index contributed by atoms with van der Waals surface area (Å²) >= 11 is 0. The molecule has 3 aromatic rings. The lowest BCUT2D eigenvalue weighted by atomic mass is 10.1. The van der Waals surface area contributed by atoms with E-state index in [0.717, 1.165) is 5.56 Å². The Balaban J connectivity index is 1.39. The van der Waals surface area contributed by atoms with Gasteiger partial charge in [0.15, 0.2) is 28.8 Å². The zero-order valence-corrected chi connectivity index (χ0v) is 18.7. The van der Waals surface area contributed by atoms with E-state index in [1.165, 1.54) is 20.3 Å². The first kappa shape index (κ1) is 21.4. The number of fused-ring (bicyclic) bond motifs is 2. The van der Waals surface area contributed by atoms with Gasteiger partial charge >= 0.3 is 5.97 Å². The van der Waals surface area contributed by atoms with Gasteiger partial charge in [0.05, 0.1) is 25.3 Å². The Morgan fingerprint density at radius 2 is 1.68 bits per heavy atom. The molecule has 0 atom stereocenters. The Morgan fingerprint density at radius 3 is 2.47 bits per heavy atom. The molecule has 0 spiro atoms. The SMILES string of the molecule is COc1ccc(C(=O)Oc2ccc3c(c2C)O/C(=C\c2ccc4c(c2)OCO4)C3=O)cc1OC. The maximum Gasteiger partial charge on any atom is 0.343 e. The molecule has 2 aliphatic rings. The lowest BCUT2D eigenvalue weighted by Crippen LogP contribution is -2.10. The summed E-state index contributed by atoms with van der Waals surface area (Å²) in [6.07, 6.45) is 1.64. The predicted octanol–water partition coefficient (Wildman–Crippen LogP) is 4.58. The number of allylic oxidation sites excluding steroid dienone is 1. The first-order chi connectivity index (χ1) is 16.5. The molecule has 0 saturated heterocycles. The van der Waals surface area contributed by atoms with Crippen molar-refractivity contribution in [3.63, 3.8) is 0 Å². The van der Waals surface area contributed by atoms with Gasteiger partial charge in [0.2, 0.25) is 12.6 Å². The van der Waals surface area contributed by atoms with E-state index in [4.69, 9.17) is 28.4 Å². The number of benzene rings is 3. The van der Waals surface area contributed by atoms with Gasteiger partial charge in [-0.25, -0.2) is 4.79 Å². The van der Waals surface area contributed by atoms with Crippen molar-refractivity contribution in [1.82, 2.24) is 0 Å². The largest absolute Gasteiger partial charge is 0.493 e. The molecule has 0 amide bonds. The molecule has 0 fully saturated rings. The molecule has 34 heavy (non-hydrogen) atoms. The number of ketones is 1. The minimum Gasteiger partial charge on any atom is -0.493 e. The molecule has 3 aromatic carbocycles. The van der Waals surface area contributed by atoms with Crippen molar-refractivity contribution in [3.8, 4) is 34.5 Å². The van der Waals surface area contributed by atoms with E-state index < -0.39 is 5.97 Å². The van der Waals surface area contributed by atoms with E-state index in [1.807, 2.05) is 6.07 Å². The molecule has 0 saturated carbocycles. The summed E-state index contributed by atoms with van der Waals surface area (Å²) in [4.78, 5) is 25.6. The Hall–Kier alpha value is -4.46. The highest BCUT2D eigenvalue weighted by Crippen LogP contribution is 2.40. The van der Waals surface area contributed by atoms with E-state index in [1.54, 1.807) is 49.4 Å². The van der Waals surface area contributed by atoms with E-state index >= 15 is 0 Å². The number of hydrogen-bond acceptors (Lipinski definition) is 8. The quantitative estimate of drug-likeness (QED) is 0.311. The number of carbonyl (C=O) groups is 2. The average molecular weight is 460 g/mol. The fourth-order valence-electron chi connectivity index (χ4n) is 3.75. The summed E-state index contributed by atoms with van der Waals surface area (Å²) in [6, 6.07) is 13.3. The highest BCUT2D eigenvalue weighted by Gasteiger charge is 2.31. The molecule has 0 aromatic heterocycles. The van der Waals surface area contributed by atoms with Gasteiger partial charge in [-0.2, -0.15) is 0 Å². The van der Waals surface area contributed by atoms with Crippen LogP contribution >= 0.6 is 0 Å². The maximum atomic E-state index is 12.9. The monoisotopic (exact) mass is 460 g/mol. The zero-order chi connectivity index (χ0) is 23.8. The van der Waals surface area contributed by atoms with Gasteiger partial charge < -0.3 is 28.4 Å². The van der Waals surface area contributed by atoms with Crippen LogP contribution in [0.25, 0.3) is 6.08 Å². The second kappa shape index (κ2) is 8.47. The third-order valence-electron chi connectivity index (χ3n) is 5.55. The summed E-state index contributed by atoms with van der Waals surface area (Å²) in [7, 11) is 3.00. The van der Waals surface area contributed by atoms with Gasteiger partial charge in [-0.3, -0.25) is 4.79 Å². The number of esters is 1. The van der Waals surface area contributed by atoms with Crippen molar-refractivity contribution in [1.29, 1.82) is 0 Å². The first-order valence-electron chi connectivity index (χ1n) is 10.4. The molecule has 0 bridgehead atoms. The van der Waals surface area contributed by atoms with Crippen LogP contribution in [0.1, 0.15) is 31.8 Å². The van der Waals surface area contributed by atoms with Crippen LogP contribution in [0.3, 0.4) is 0 Å². The molecule has 0 N–H and O–H groups in total. The molecular weight excluding hydrogens is 440 g/mol. The van der Waals surface area contributed by atoms with Crippen LogP contribution in [0.5, 0.6) is 34.5 Å². The zero-order valence-electron chi connectivity index (χ0n) is 18.7. The maximum absolute atomic E-state index is 12.9. The molecule has 0 radical (unpaired) electrons. The van der Waals surface area contributed by atoms with Gasteiger partial charge in [-0.05, 0) is 61.0 Å². The number of Topliss-reactive ketones (excluding diaryl/α,β-unsaturated/α-hetero) is 1. The van der Waals surface area contributed by atoms with E-state index in [9.17, 15) is 9.59 Å². The summed E-state index contributed by atoms with van der Waals surface area (Å²) in [5.74, 6) is 2.15. The summed E-state index contributed by atoms with van der Waals surface area (Å²) in [6.45, 7) is 1.90. The predicted molar refractivity (Wildman–Crippen MR) is 121 cm³/mol. The van der Waals surface area contributed by atoms with Crippen LogP contribution in [0.4, 0.5) is 0 Å². The molecular formula is C26H20O8. The van der Waals surface area contributed by atoms with Crippen molar-refractivity contribution >= 4 is 17.8 Å². The number of ether oxygens (including phenoxy) is 6. The lowest BCUT2D eigenvalue weighted by molar-refractivity contribution is 0.0732.